The number of nitrogens with zero attached hydrogens (tertiary/aromatic N) is 1. The zero-order valence-electron chi connectivity index (χ0n) is 12.0. The number of rotatable bonds is 7. The third-order valence-corrected chi connectivity index (χ3v) is 4.62. The van der Waals surface area contributed by atoms with Crippen molar-refractivity contribution in [1.29, 1.82) is 0 Å². The Morgan fingerprint density at radius 3 is 2.86 bits per heavy atom. The van der Waals surface area contributed by atoms with Crippen molar-refractivity contribution in [2.24, 2.45) is 0 Å². The van der Waals surface area contributed by atoms with Gasteiger partial charge in [-0.25, -0.2) is 4.98 Å². The van der Waals surface area contributed by atoms with Gasteiger partial charge < -0.3 is 14.6 Å². The highest BCUT2D eigenvalue weighted by molar-refractivity contribution is 7.11. The highest BCUT2D eigenvalue weighted by Gasteiger charge is 2.29. The standard InChI is InChI=1S/C16H19NO3S/c1-19-12-3-2-4-13(9-12)20-8-7-15-17-16(11-5-6-11)14(10-18)21-15/h2-4,9,11,18H,5-8,10H2,1H3. The van der Waals surface area contributed by atoms with E-state index in [2.05, 4.69) is 4.98 Å². The molecular formula is C16H19NO3S. The SMILES string of the molecule is COc1cccc(OCCc2nc(C3CC3)c(CO)s2)c1. The molecule has 112 valence electrons. The molecule has 0 unspecified atom stereocenters. The number of aromatic nitrogens is 1. The van der Waals surface area contributed by atoms with Gasteiger partial charge in [0.05, 0.1) is 35.9 Å². The van der Waals surface area contributed by atoms with Crippen molar-refractivity contribution in [2.75, 3.05) is 13.7 Å². The molecule has 1 saturated carbocycles. The smallest absolute Gasteiger partial charge is 0.123 e. The maximum atomic E-state index is 9.39. The largest absolute Gasteiger partial charge is 0.497 e. The third kappa shape index (κ3) is 3.54. The molecule has 1 aliphatic carbocycles. The molecule has 3 rings (SSSR count). The van der Waals surface area contributed by atoms with Gasteiger partial charge >= 0.3 is 0 Å². The van der Waals surface area contributed by atoms with E-state index in [0.29, 0.717) is 12.5 Å². The Morgan fingerprint density at radius 2 is 2.14 bits per heavy atom. The summed E-state index contributed by atoms with van der Waals surface area (Å²) >= 11 is 1.60. The number of hydrogen-bond donors (Lipinski definition) is 1. The van der Waals surface area contributed by atoms with Crippen molar-refractivity contribution in [1.82, 2.24) is 4.98 Å². The second-order valence-electron chi connectivity index (χ2n) is 5.13. The van der Waals surface area contributed by atoms with Crippen LogP contribution in [0.25, 0.3) is 0 Å². The van der Waals surface area contributed by atoms with E-state index in [1.807, 2.05) is 24.3 Å². The molecule has 1 aromatic heterocycles. The second-order valence-corrected chi connectivity index (χ2v) is 6.29. The summed E-state index contributed by atoms with van der Waals surface area (Å²) in [5.74, 6) is 2.17. The van der Waals surface area contributed by atoms with Gasteiger partial charge in [0, 0.05) is 18.4 Å². The Labute approximate surface area is 128 Å². The Hall–Kier alpha value is -1.59. The highest BCUT2D eigenvalue weighted by Crippen LogP contribution is 2.42. The van der Waals surface area contributed by atoms with E-state index >= 15 is 0 Å². The second kappa shape index (κ2) is 6.45. The van der Waals surface area contributed by atoms with Crippen molar-refractivity contribution in [3.63, 3.8) is 0 Å². The lowest BCUT2D eigenvalue weighted by Gasteiger charge is -2.06. The van der Waals surface area contributed by atoms with Crippen LogP contribution in [-0.4, -0.2) is 23.8 Å². The van der Waals surface area contributed by atoms with Crippen LogP contribution in [0.3, 0.4) is 0 Å². The minimum absolute atomic E-state index is 0.0975. The molecular weight excluding hydrogens is 286 g/mol. The van der Waals surface area contributed by atoms with Crippen LogP contribution in [-0.2, 0) is 13.0 Å². The van der Waals surface area contributed by atoms with Crippen molar-refractivity contribution in [3.8, 4) is 11.5 Å². The molecule has 4 nitrogen and oxygen atoms in total. The van der Waals surface area contributed by atoms with Gasteiger partial charge in [-0.05, 0) is 25.0 Å². The summed E-state index contributed by atoms with van der Waals surface area (Å²) in [5, 5.41) is 10.4. The molecule has 1 heterocycles. The monoisotopic (exact) mass is 305 g/mol. The van der Waals surface area contributed by atoms with Gasteiger partial charge in [-0.1, -0.05) is 6.07 Å². The first-order chi connectivity index (χ1) is 10.3. The van der Waals surface area contributed by atoms with Gasteiger partial charge in [-0.15, -0.1) is 11.3 Å². The summed E-state index contributed by atoms with van der Waals surface area (Å²) in [4.78, 5) is 5.68. The topological polar surface area (TPSA) is 51.6 Å². The fourth-order valence-corrected chi connectivity index (χ4v) is 3.25. The molecule has 0 bridgehead atoms. The van der Waals surface area contributed by atoms with E-state index in [1.54, 1.807) is 18.4 Å². The van der Waals surface area contributed by atoms with Crippen LogP contribution >= 0.6 is 11.3 Å². The molecule has 21 heavy (non-hydrogen) atoms. The van der Waals surface area contributed by atoms with E-state index in [-0.39, 0.29) is 6.61 Å². The summed E-state index contributed by atoms with van der Waals surface area (Å²) in [6.07, 6.45) is 3.18. The van der Waals surface area contributed by atoms with Crippen LogP contribution in [0.2, 0.25) is 0 Å². The van der Waals surface area contributed by atoms with Crippen LogP contribution in [0.15, 0.2) is 24.3 Å². The van der Waals surface area contributed by atoms with Crippen LogP contribution in [0.4, 0.5) is 0 Å². The zero-order chi connectivity index (χ0) is 14.7. The molecule has 0 spiro atoms. The van der Waals surface area contributed by atoms with E-state index < -0.39 is 0 Å². The maximum absolute atomic E-state index is 9.39. The molecule has 5 heteroatoms. The average Bonchev–Trinajstić information content (AvgIpc) is 3.28. The number of aliphatic hydroxyl groups excluding tert-OH is 1. The minimum atomic E-state index is 0.0975. The number of aliphatic hydroxyl groups is 1. The number of methoxy groups -OCH3 is 1. The lowest BCUT2D eigenvalue weighted by molar-refractivity contribution is 0.284. The first kappa shape index (κ1) is 14.4. The fourth-order valence-electron chi connectivity index (χ4n) is 2.26. The minimum Gasteiger partial charge on any atom is -0.497 e. The molecule has 1 aromatic carbocycles. The van der Waals surface area contributed by atoms with E-state index in [9.17, 15) is 5.11 Å². The van der Waals surface area contributed by atoms with Gasteiger partial charge in [0.25, 0.3) is 0 Å². The fraction of sp³-hybridized carbons (Fsp3) is 0.438. The lowest BCUT2D eigenvalue weighted by atomic mass is 10.2. The summed E-state index contributed by atoms with van der Waals surface area (Å²) in [6, 6.07) is 7.59. The van der Waals surface area contributed by atoms with Crippen LogP contribution < -0.4 is 9.47 Å². The van der Waals surface area contributed by atoms with Gasteiger partial charge in [0.2, 0.25) is 0 Å². The molecule has 1 fully saturated rings. The third-order valence-electron chi connectivity index (χ3n) is 3.51. The molecule has 0 atom stereocenters. The van der Waals surface area contributed by atoms with Crippen molar-refractivity contribution >= 4 is 11.3 Å². The summed E-state index contributed by atoms with van der Waals surface area (Å²) in [5.41, 5.74) is 1.11. The zero-order valence-corrected chi connectivity index (χ0v) is 12.9. The maximum Gasteiger partial charge on any atom is 0.123 e. The van der Waals surface area contributed by atoms with Gasteiger partial charge in [-0.2, -0.15) is 0 Å². The first-order valence-corrected chi connectivity index (χ1v) is 7.98. The van der Waals surface area contributed by atoms with Crippen LogP contribution in [0.5, 0.6) is 11.5 Å². The Kier molecular flexibility index (Phi) is 4.41. The normalized spacial score (nSPS) is 14.2. The number of benzene rings is 1. The summed E-state index contributed by atoms with van der Waals surface area (Å²) in [7, 11) is 1.64. The van der Waals surface area contributed by atoms with Crippen molar-refractivity contribution in [2.45, 2.75) is 31.8 Å². The van der Waals surface area contributed by atoms with E-state index in [0.717, 1.165) is 33.5 Å². The van der Waals surface area contributed by atoms with Crippen LogP contribution in [0, 0.1) is 0 Å². The predicted octanol–water partition coefficient (Wildman–Crippen LogP) is 3.14. The van der Waals surface area contributed by atoms with Gasteiger partial charge in [-0.3, -0.25) is 0 Å². The number of ether oxygens (including phenoxy) is 2. The lowest BCUT2D eigenvalue weighted by Crippen LogP contribution is -2.01. The Balaban J connectivity index is 1.57. The number of hydrogen-bond acceptors (Lipinski definition) is 5. The quantitative estimate of drug-likeness (QED) is 0.854. The average molecular weight is 305 g/mol. The van der Waals surface area contributed by atoms with Gasteiger partial charge in [0.1, 0.15) is 11.5 Å². The predicted molar refractivity (Wildman–Crippen MR) is 82.2 cm³/mol. The molecule has 0 saturated heterocycles. The first-order valence-electron chi connectivity index (χ1n) is 7.16. The van der Waals surface area contributed by atoms with Crippen LogP contribution in [0.1, 0.15) is 34.3 Å². The summed E-state index contributed by atoms with van der Waals surface area (Å²) < 4.78 is 10.9. The van der Waals surface area contributed by atoms with Gasteiger partial charge in [0.15, 0.2) is 0 Å². The number of thiazole rings is 1. The Bertz CT molecular complexity index is 607. The highest BCUT2D eigenvalue weighted by atomic mass is 32.1. The molecule has 0 radical (unpaired) electrons. The Morgan fingerprint density at radius 1 is 1.33 bits per heavy atom. The van der Waals surface area contributed by atoms with Crippen molar-refractivity contribution < 1.29 is 14.6 Å². The van der Waals surface area contributed by atoms with E-state index in [1.165, 1.54) is 12.8 Å². The van der Waals surface area contributed by atoms with Crippen molar-refractivity contribution in [3.05, 3.63) is 39.8 Å². The molecule has 2 aromatic rings. The molecule has 0 amide bonds. The molecule has 0 aliphatic heterocycles. The van der Waals surface area contributed by atoms with E-state index in [4.69, 9.17) is 9.47 Å². The molecule has 1 aliphatic rings. The summed E-state index contributed by atoms with van der Waals surface area (Å²) in [6.45, 7) is 0.676. The molecule has 1 N–H and O–H groups in total.